The molecule has 1 atom stereocenters. The highest BCUT2D eigenvalue weighted by Crippen LogP contribution is 2.25. The van der Waals surface area contributed by atoms with Gasteiger partial charge in [-0.05, 0) is 36.5 Å². The molecule has 0 saturated carbocycles. The van der Waals surface area contributed by atoms with Crippen LogP contribution in [0.5, 0.6) is 0 Å². The van der Waals surface area contributed by atoms with E-state index in [1.807, 2.05) is 30.5 Å². The number of benzene rings is 1. The molecule has 1 aromatic heterocycles. The molecular weight excluding hydrogens is 230 g/mol. The minimum Gasteiger partial charge on any atom is -0.264 e. The van der Waals surface area contributed by atoms with Crippen LogP contribution in [0.25, 0.3) is 0 Å². The van der Waals surface area contributed by atoms with Crippen molar-refractivity contribution in [3.63, 3.8) is 0 Å². The van der Waals surface area contributed by atoms with Crippen LogP contribution in [0.4, 0.5) is 0 Å². The molecule has 0 aliphatic heterocycles. The first-order valence-electron chi connectivity index (χ1n) is 5.94. The summed E-state index contributed by atoms with van der Waals surface area (Å²) in [6.07, 6.45) is 6.86. The summed E-state index contributed by atoms with van der Waals surface area (Å²) < 4.78 is 0. The largest absolute Gasteiger partial charge is 0.264 e. The number of alkyl halides is 1. The van der Waals surface area contributed by atoms with E-state index in [1.165, 1.54) is 11.1 Å². The van der Waals surface area contributed by atoms with E-state index in [1.54, 1.807) is 6.20 Å². The Kier molecular flexibility index (Phi) is 4.57. The van der Waals surface area contributed by atoms with Crippen molar-refractivity contribution in [2.75, 3.05) is 0 Å². The van der Waals surface area contributed by atoms with Gasteiger partial charge in [-0.3, -0.25) is 4.98 Å². The first-order chi connectivity index (χ1) is 8.36. The maximum absolute atomic E-state index is 6.36. The number of nitrogens with zero attached hydrogens (tertiary/aromatic N) is 1. The molecule has 1 nitrogen and oxygen atoms in total. The van der Waals surface area contributed by atoms with Crippen molar-refractivity contribution in [3.05, 3.63) is 66.0 Å². The van der Waals surface area contributed by atoms with Gasteiger partial charge in [-0.15, -0.1) is 11.6 Å². The second kappa shape index (κ2) is 6.41. The molecule has 0 radical (unpaired) electrons. The Morgan fingerprint density at radius 2 is 1.88 bits per heavy atom. The lowest BCUT2D eigenvalue weighted by Gasteiger charge is -2.09. The molecule has 2 heteroatoms. The predicted molar refractivity (Wildman–Crippen MR) is 72.2 cm³/mol. The van der Waals surface area contributed by atoms with Crippen LogP contribution >= 0.6 is 11.6 Å². The Balaban J connectivity index is 1.79. The predicted octanol–water partition coefficient (Wildman–Crippen LogP) is 4.38. The summed E-state index contributed by atoms with van der Waals surface area (Å²) in [4.78, 5) is 4.11. The summed E-state index contributed by atoms with van der Waals surface area (Å²) in [6, 6.07) is 14.3. The zero-order valence-electron chi connectivity index (χ0n) is 9.72. The maximum atomic E-state index is 6.36. The minimum atomic E-state index is 0.118. The molecule has 17 heavy (non-hydrogen) atoms. The summed E-state index contributed by atoms with van der Waals surface area (Å²) in [5.41, 5.74) is 2.49. The number of hydrogen-bond donors (Lipinski definition) is 0. The van der Waals surface area contributed by atoms with Gasteiger partial charge in [0.05, 0.1) is 5.38 Å². The molecule has 88 valence electrons. The van der Waals surface area contributed by atoms with Gasteiger partial charge in [-0.25, -0.2) is 0 Å². The quantitative estimate of drug-likeness (QED) is 0.713. The smallest absolute Gasteiger partial charge is 0.0585 e. The third-order valence-corrected chi connectivity index (χ3v) is 3.28. The number of aromatic nitrogens is 1. The number of hydrogen-bond acceptors (Lipinski definition) is 1. The number of pyridine rings is 1. The molecule has 2 aromatic rings. The molecule has 0 aliphatic carbocycles. The first-order valence-corrected chi connectivity index (χ1v) is 6.38. The zero-order chi connectivity index (χ0) is 11.9. The van der Waals surface area contributed by atoms with Crippen molar-refractivity contribution in [1.82, 2.24) is 4.98 Å². The van der Waals surface area contributed by atoms with Crippen LogP contribution in [0.1, 0.15) is 29.3 Å². The number of halogens is 1. The third-order valence-electron chi connectivity index (χ3n) is 2.81. The Hall–Kier alpha value is -1.34. The Morgan fingerprint density at radius 1 is 1.06 bits per heavy atom. The van der Waals surface area contributed by atoms with E-state index in [9.17, 15) is 0 Å². The fourth-order valence-electron chi connectivity index (χ4n) is 1.86. The summed E-state index contributed by atoms with van der Waals surface area (Å²) >= 11 is 6.36. The standard InChI is InChI=1S/C15H16ClN/c16-15(14-8-2-1-3-9-14)10-4-6-13-7-5-11-17-12-13/h1-3,5,7-9,11-12,15H,4,6,10H2. The lowest BCUT2D eigenvalue weighted by Crippen LogP contribution is -1.93. The van der Waals surface area contributed by atoms with Gasteiger partial charge in [0.2, 0.25) is 0 Å². The molecule has 0 amide bonds. The third kappa shape index (κ3) is 3.86. The van der Waals surface area contributed by atoms with E-state index in [-0.39, 0.29) is 5.38 Å². The average Bonchev–Trinajstić information content (AvgIpc) is 2.41. The Morgan fingerprint density at radius 3 is 2.59 bits per heavy atom. The van der Waals surface area contributed by atoms with Crippen LogP contribution in [0.3, 0.4) is 0 Å². The molecule has 0 fully saturated rings. The number of rotatable bonds is 5. The topological polar surface area (TPSA) is 12.9 Å². The van der Waals surface area contributed by atoms with Crippen LogP contribution in [0, 0.1) is 0 Å². The van der Waals surface area contributed by atoms with Crippen LogP contribution in [0.15, 0.2) is 54.9 Å². The van der Waals surface area contributed by atoms with E-state index in [0.29, 0.717) is 0 Å². The van der Waals surface area contributed by atoms with Crippen molar-refractivity contribution in [2.24, 2.45) is 0 Å². The van der Waals surface area contributed by atoms with E-state index >= 15 is 0 Å². The average molecular weight is 246 g/mol. The van der Waals surface area contributed by atoms with Gasteiger partial charge in [0, 0.05) is 12.4 Å². The summed E-state index contributed by atoms with van der Waals surface area (Å²) in [5.74, 6) is 0. The van der Waals surface area contributed by atoms with E-state index in [4.69, 9.17) is 11.6 Å². The monoisotopic (exact) mass is 245 g/mol. The van der Waals surface area contributed by atoms with Crippen LogP contribution in [-0.4, -0.2) is 4.98 Å². The molecule has 1 heterocycles. The highest BCUT2D eigenvalue weighted by molar-refractivity contribution is 6.20. The molecule has 0 N–H and O–H groups in total. The fraction of sp³-hybridized carbons (Fsp3) is 0.267. The molecule has 0 spiro atoms. The minimum absolute atomic E-state index is 0.118. The van der Waals surface area contributed by atoms with Crippen molar-refractivity contribution in [2.45, 2.75) is 24.6 Å². The van der Waals surface area contributed by atoms with Gasteiger partial charge in [0.15, 0.2) is 0 Å². The summed E-state index contributed by atoms with van der Waals surface area (Å²) in [6.45, 7) is 0. The first kappa shape index (κ1) is 12.1. The zero-order valence-corrected chi connectivity index (χ0v) is 10.5. The normalized spacial score (nSPS) is 12.3. The van der Waals surface area contributed by atoms with E-state index < -0.39 is 0 Å². The Labute approximate surface area is 107 Å². The molecule has 0 bridgehead atoms. The maximum Gasteiger partial charge on any atom is 0.0585 e. The lowest BCUT2D eigenvalue weighted by atomic mass is 10.0. The highest BCUT2D eigenvalue weighted by atomic mass is 35.5. The van der Waals surface area contributed by atoms with E-state index in [2.05, 4.69) is 23.2 Å². The van der Waals surface area contributed by atoms with Gasteiger partial charge in [-0.1, -0.05) is 36.4 Å². The SMILES string of the molecule is ClC(CCCc1cccnc1)c1ccccc1. The van der Waals surface area contributed by atoms with Crippen LogP contribution in [0.2, 0.25) is 0 Å². The second-order valence-electron chi connectivity index (χ2n) is 4.13. The van der Waals surface area contributed by atoms with Crippen molar-refractivity contribution < 1.29 is 0 Å². The summed E-state index contributed by atoms with van der Waals surface area (Å²) in [5, 5.41) is 0.118. The van der Waals surface area contributed by atoms with Crippen LogP contribution < -0.4 is 0 Å². The van der Waals surface area contributed by atoms with Gasteiger partial charge in [-0.2, -0.15) is 0 Å². The van der Waals surface area contributed by atoms with Crippen molar-refractivity contribution >= 4 is 11.6 Å². The van der Waals surface area contributed by atoms with Gasteiger partial charge < -0.3 is 0 Å². The molecule has 0 saturated heterocycles. The molecule has 1 unspecified atom stereocenters. The second-order valence-corrected chi connectivity index (χ2v) is 4.66. The van der Waals surface area contributed by atoms with Gasteiger partial charge in [0.25, 0.3) is 0 Å². The molecule has 0 aliphatic rings. The van der Waals surface area contributed by atoms with Gasteiger partial charge in [0.1, 0.15) is 0 Å². The summed E-state index contributed by atoms with van der Waals surface area (Å²) in [7, 11) is 0. The Bertz CT molecular complexity index is 427. The fourth-order valence-corrected chi connectivity index (χ4v) is 2.16. The molecule has 2 rings (SSSR count). The lowest BCUT2D eigenvalue weighted by molar-refractivity contribution is 0.715. The van der Waals surface area contributed by atoms with Crippen molar-refractivity contribution in [3.8, 4) is 0 Å². The van der Waals surface area contributed by atoms with Gasteiger partial charge >= 0.3 is 0 Å². The van der Waals surface area contributed by atoms with Crippen LogP contribution in [-0.2, 0) is 6.42 Å². The molecule has 1 aromatic carbocycles. The highest BCUT2D eigenvalue weighted by Gasteiger charge is 2.06. The number of aryl methyl sites for hydroxylation is 1. The molecular formula is C15H16ClN. The van der Waals surface area contributed by atoms with Crippen molar-refractivity contribution in [1.29, 1.82) is 0 Å². The van der Waals surface area contributed by atoms with E-state index in [0.717, 1.165) is 19.3 Å².